The molecule has 6 heteroatoms. The van der Waals surface area contributed by atoms with E-state index in [0.717, 1.165) is 24.3 Å². The molecule has 0 saturated heterocycles. The van der Waals surface area contributed by atoms with Crippen molar-refractivity contribution in [3.63, 3.8) is 0 Å². The van der Waals surface area contributed by atoms with Crippen LogP contribution in [0.3, 0.4) is 0 Å². The Bertz CT molecular complexity index is 539. The molecule has 0 saturated carbocycles. The van der Waals surface area contributed by atoms with Gasteiger partial charge in [0.05, 0.1) is 11.3 Å². The van der Waals surface area contributed by atoms with Gasteiger partial charge in [-0.2, -0.15) is 13.2 Å². The van der Waals surface area contributed by atoms with Crippen molar-refractivity contribution in [1.29, 1.82) is 0 Å². The monoisotopic (exact) mass is 259 g/mol. The summed E-state index contributed by atoms with van der Waals surface area (Å²) in [5, 5.41) is 0. The minimum Gasteiger partial charge on any atom is -0.256 e. The Kier molecular flexibility index (Phi) is 3.02. The lowest BCUT2D eigenvalue weighted by Gasteiger charge is -2.07. The zero-order valence-electron chi connectivity index (χ0n) is 8.80. The molecule has 0 amide bonds. The predicted molar refractivity (Wildman–Crippen MR) is 54.6 cm³/mol. The Morgan fingerprint density at radius 1 is 0.889 bits per heavy atom. The number of hydrogen-bond acceptors (Lipinski definition) is 1. The highest BCUT2D eigenvalue weighted by Gasteiger charge is 2.30. The molecule has 0 fully saturated rings. The summed E-state index contributed by atoms with van der Waals surface area (Å²) in [7, 11) is 0. The fraction of sp³-hybridized carbons (Fsp3) is 0.0833. The Morgan fingerprint density at radius 2 is 1.50 bits per heavy atom. The lowest BCUT2D eigenvalue weighted by molar-refractivity contribution is -0.137. The van der Waals surface area contributed by atoms with Crippen molar-refractivity contribution in [2.75, 3.05) is 0 Å². The molecule has 0 N–H and O–H groups in total. The predicted octanol–water partition coefficient (Wildman–Crippen LogP) is 4.05. The van der Waals surface area contributed by atoms with E-state index in [-0.39, 0.29) is 11.3 Å². The zero-order chi connectivity index (χ0) is 13.3. The number of pyridine rings is 1. The number of nitrogens with zero attached hydrogens (tertiary/aromatic N) is 1. The van der Waals surface area contributed by atoms with Crippen LogP contribution in [0, 0.1) is 11.6 Å². The van der Waals surface area contributed by atoms with Gasteiger partial charge in [0.15, 0.2) is 0 Å². The van der Waals surface area contributed by atoms with E-state index in [1.807, 2.05) is 0 Å². The van der Waals surface area contributed by atoms with E-state index in [0.29, 0.717) is 12.3 Å². The molecule has 18 heavy (non-hydrogen) atoms. The average molecular weight is 259 g/mol. The standard InChI is InChI=1S/C12H6F5N/c13-9-3-7(4-10(14)5-9)11-2-1-8(6-18-11)12(15,16)17/h1-6H. The van der Waals surface area contributed by atoms with Gasteiger partial charge in [0, 0.05) is 17.8 Å². The van der Waals surface area contributed by atoms with Gasteiger partial charge in [0.25, 0.3) is 0 Å². The average Bonchev–Trinajstić information content (AvgIpc) is 2.27. The highest BCUT2D eigenvalue weighted by Crippen LogP contribution is 2.29. The SMILES string of the molecule is Fc1cc(F)cc(-c2ccc(C(F)(F)F)cn2)c1. The minimum atomic E-state index is -4.49. The van der Waals surface area contributed by atoms with Crippen LogP contribution < -0.4 is 0 Å². The fourth-order valence-corrected chi connectivity index (χ4v) is 1.43. The van der Waals surface area contributed by atoms with Crippen LogP contribution in [0.2, 0.25) is 0 Å². The van der Waals surface area contributed by atoms with Crippen LogP contribution in [-0.4, -0.2) is 4.98 Å². The van der Waals surface area contributed by atoms with Crippen LogP contribution >= 0.6 is 0 Å². The topological polar surface area (TPSA) is 12.9 Å². The second-order valence-corrected chi connectivity index (χ2v) is 3.59. The molecule has 2 aromatic rings. The minimum absolute atomic E-state index is 0.0707. The molecule has 0 radical (unpaired) electrons. The van der Waals surface area contributed by atoms with E-state index in [4.69, 9.17) is 0 Å². The van der Waals surface area contributed by atoms with E-state index < -0.39 is 23.4 Å². The van der Waals surface area contributed by atoms with Crippen molar-refractivity contribution in [3.05, 3.63) is 53.7 Å². The summed E-state index contributed by atoms with van der Waals surface area (Å²) in [6.07, 6.45) is -3.86. The molecule has 1 nitrogen and oxygen atoms in total. The second kappa shape index (κ2) is 4.36. The van der Waals surface area contributed by atoms with Gasteiger partial charge in [-0.25, -0.2) is 8.78 Å². The highest BCUT2D eigenvalue weighted by molar-refractivity contribution is 5.59. The third kappa shape index (κ3) is 2.64. The third-order valence-corrected chi connectivity index (χ3v) is 2.25. The summed E-state index contributed by atoms with van der Waals surface area (Å²) >= 11 is 0. The maximum absolute atomic E-state index is 12.9. The number of halogens is 5. The maximum Gasteiger partial charge on any atom is 0.417 e. The smallest absolute Gasteiger partial charge is 0.256 e. The molecular weight excluding hydrogens is 253 g/mol. The quantitative estimate of drug-likeness (QED) is 0.704. The van der Waals surface area contributed by atoms with Crippen LogP contribution in [0.15, 0.2) is 36.5 Å². The first-order valence-electron chi connectivity index (χ1n) is 4.86. The first-order valence-corrected chi connectivity index (χ1v) is 4.86. The summed E-state index contributed by atoms with van der Waals surface area (Å²) in [4.78, 5) is 3.54. The van der Waals surface area contributed by atoms with E-state index >= 15 is 0 Å². The molecule has 1 heterocycles. The summed E-state index contributed by atoms with van der Waals surface area (Å²) in [5.74, 6) is -1.63. The van der Waals surface area contributed by atoms with E-state index in [9.17, 15) is 22.0 Å². The summed E-state index contributed by atoms with van der Waals surface area (Å²) in [6.45, 7) is 0. The van der Waals surface area contributed by atoms with Crippen LogP contribution in [0.25, 0.3) is 11.3 Å². The van der Waals surface area contributed by atoms with Gasteiger partial charge < -0.3 is 0 Å². The number of alkyl halides is 3. The Balaban J connectivity index is 2.40. The molecule has 0 bridgehead atoms. The first kappa shape index (κ1) is 12.5. The van der Waals surface area contributed by atoms with Crippen LogP contribution in [-0.2, 0) is 6.18 Å². The van der Waals surface area contributed by atoms with Crippen LogP contribution in [0.5, 0.6) is 0 Å². The third-order valence-electron chi connectivity index (χ3n) is 2.25. The Morgan fingerprint density at radius 3 is 1.94 bits per heavy atom. The van der Waals surface area contributed by atoms with E-state index in [1.165, 1.54) is 0 Å². The van der Waals surface area contributed by atoms with Gasteiger partial charge in [0.2, 0.25) is 0 Å². The fourth-order valence-electron chi connectivity index (χ4n) is 1.43. The number of aromatic nitrogens is 1. The van der Waals surface area contributed by atoms with Crippen molar-refractivity contribution in [1.82, 2.24) is 4.98 Å². The molecule has 0 spiro atoms. The lowest BCUT2D eigenvalue weighted by Crippen LogP contribution is -2.05. The number of hydrogen-bond donors (Lipinski definition) is 0. The molecule has 0 atom stereocenters. The summed E-state index contributed by atoms with van der Waals surface area (Å²) in [6, 6.07) is 4.55. The molecular formula is C12H6F5N. The van der Waals surface area contributed by atoms with Crippen molar-refractivity contribution in [2.45, 2.75) is 6.18 Å². The van der Waals surface area contributed by atoms with Crippen LogP contribution in [0.1, 0.15) is 5.56 Å². The molecule has 1 aromatic carbocycles. The molecule has 0 aliphatic heterocycles. The summed E-state index contributed by atoms with van der Waals surface area (Å²) in [5.41, 5.74) is -0.759. The van der Waals surface area contributed by atoms with Crippen molar-refractivity contribution in [3.8, 4) is 11.3 Å². The van der Waals surface area contributed by atoms with Gasteiger partial charge in [-0.3, -0.25) is 4.98 Å². The molecule has 1 aromatic heterocycles. The molecule has 2 rings (SSSR count). The Hall–Kier alpha value is -1.98. The van der Waals surface area contributed by atoms with Gasteiger partial charge in [-0.15, -0.1) is 0 Å². The van der Waals surface area contributed by atoms with E-state index in [1.54, 1.807) is 0 Å². The maximum atomic E-state index is 12.9. The summed E-state index contributed by atoms with van der Waals surface area (Å²) < 4.78 is 62.7. The van der Waals surface area contributed by atoms with Crippen LogP contribution in [0.4, 0.5) is 22.0 Å². The number of benzene rings is 1. The van der Waals surface area contributed by atoms with Crippen molar-refractivity contribution >= 4 is 0 Å². The molecule has 0 aliphatic carbocycles. The highest BCUT2D eigenvalue weighted by atomic mass is 19.4. The van der Waals surface area contributed by atoms with Crippen molar-refractivity contribution in [2.24, 2.45) is 0 Å². The lowest BCUT2D eigenvalue weighted by atomic mass is 10.1. The van der Waals surface area contributed by atoms with Crippen molar-refractivity contribution < 1.29 is 22.0 Å². The Labute approximate surface area is 98.9 Å². The molecule has 94 valence electrons. The number of rotatable bonds is 1. The van der Waals surface area contributed by atoms with Gasteiger partial charge in [-0.1, -0.05) is 0 Å². The normalized spacial score (nSPS) is 11.6. The van der Waals surface area contributed by atoms with Gasteiger partial charge in [-0.05, 0) is 24.3 Å². The van der Waals surface area contributed by atoms with Gasteiger partial charge >= 0.3 is 6.18 Å². The molecule has 0 unspecified atom stereocenters. The largest absolute Gasteiger partial charge is 0.417 e. The first-order chi connectivity index (χ1) is 8.36. The van der Waals surface area contributed by atoms with Gasteiger partial charge in [0.1, 0.15) is 11.6 Å². The second-order valence-electron chi connectivity index (χ2n) is 3.59. The zero-order valence-corrected chi connectivity index (χ0v) is 8.80. The molecule has 0 aliphatic rings. The van der Waals surface area contributed by atoms with E-state index in [2.05, 4.69) is 4.98 Å².